The summed E-state index contributed by atoms with van der Waals surface area (Å²) < 4.78 is 0. The van der Waals surface area contributed by atoms with Crippen LogP contribution < -0.4 is 10.2 Å². The minimum Gasteiger partial charge on any atom is -0.392 e. The van der Waals surface area contributed by atoms with Gasteiger partial charge in [0.1, 0.15) is 5.03 Å². The van der Waals surface area contributed by atoms with E-state index < -0.39 is 6.10 Å². The monoisotopic (exact) mass is 414 g/mol. The Hall–Kier alpha value is -2.12. The second-order valence-electron chi connectivity index (χ2n) is 7.91. The molecule has 2 aromatic rings. The van der Waals surface area contributed by atoms with Crippen LogP contribution in [0.4, 0.5) is 5.82 Å². The van der Waals surface area contributed by atoms with E-state index in [4.69, 9.17) is 0 Å². The van der Waals surface area contributed by atoms with Crippen molar-refractivity contribution >= 4 is 23.5 Å². The van der Waals surface area contributed by atoms with Crippen LogP contribution in [0, 0.1) is 5.92 Å². The number of amides is 1. The van der Waals surface area contributed by atoms with Gasteiger partial charge in [-0.15, -0.1) is 10.2 Å². The molecule has 1 saturated heterocycles. The van der Waals surface area contributed by atoms with Crippen LogP contribution in [0.25, 0.3) is 0 Å². The van der Waals surface area contributed by atoms with Crippen LogP contribution in [0.1, 0.15) is 45.1 Å². The summed E-state index contributed by atoms with van der Waals surface area (Å²) >= 11 is 1.61. The van der Waals surface area contributed by atoms with E-state index in [9.17, 15) is 9.90 Å². The highest BCUT2D eigenvalue weighted by Gasteiger charge is 2.25. The average Bonchev–Trinajstić information content (AvgIpc) is 2.73. The molecular formula is C22H30N4O2S. The Morgan fingerprint density at radius 2 is 1.83 bits per heavy atom. The molecule has 29 heavy (non-hydrogen) atoms. The highest BCUT2D eigenvalue weighted by molar-refractivity contribution is 7.99. The largest absolute Gasteiger partial charge is 0.392 e. The highest BCUT2D eigenvalue weighted by atomic mass is 32.2. The summed E-state index contributed by atoms with van der Waals surface area (Å²) in [6.07, 6.45) is 1.05. The Labute approximate surface area is 177 Å². The van der Waals surface area contributed by atoms with Gasteiger partial charge < -0.3 is 15.3 Å². The van der Waals surface area contributed by atoms with Gasteiger partial charge in [-0.25, -0.2) is 0 Å². The molecule has 2 heterocycles. The molecule has 1 aliphatic rings. The van der Waals surface area contributed by atoms with Crippen molar-refractivity contribution in [3.63, 3.8) is 0 Å². The molecule has 1 atom stereocenters. The molecule has 1 aliphatic heterocycles. The SMILES string of the molecule is CC(O)CNC(=O)C1CCN(c2ccc(Sc3ccc(C(C)C)cc3)nn2)CC1. The first-order chi connectivity index (χ1) is 13.9. The summed E-state index contributed by atoms with van der Waals surface area (Å²) in [6.45, 7) is 7.93. The minimum absolute atomic E-state index is 0.00148. The third-order valence-electron chi connectivity index (χ3n) is 5.16. The molecule has 156 valence electrons. The highest BCUT2D eigenvalue weighted by Crippen LogP contribution is 2.28. The molecule has 1 aromatic heterocycles. The summed E-state index contributed by atoms with van der Waals surface area (Å²) in [5.74, 6) is 1.42. The van der Waals surface area contributed by atoms with E-state index in [1.54, 1.807) is 18.7 Å². The summed E-state index contributed by atoms with van der Waals surface area (Å²) in [4.78, 5) is 15.5. The van der Waals surface area contributed by atoms with Crippen LogP contribution in [-0.2, 0) is 4.79 Å². The Morgan fingerprint density at radius 3 is 2.38 bits per heavy atom. The first-order valence-corrected chi connectivity index (χ1v) is 11.1. The topological polar surface area (TPSA) is 78.4 Å². The molecule has 2 N–H and O–H groups in total. The number of benzene rings is 1. The fraction of sp³-hybridized carbons (Fsp3) is 0.500. The van der Waals surface area contributed by atoms with Crippen molar-refractivity contribution in [3.8, 4) is 0 Å². The van der Waals surface area contributed by atoms with Crippen LogP contribution in [-0.4, -0.2) is 46.9 Å². The molecule has 0 bridgehead atoms. The van der Waals surface area contributed by atoms with Crippen LogP contribution in [0.2, 0.25) is 0 Å². The number of hydrogen-bond acceptors (Lipinski definition) is 6. The third kappa shape index (κ3) is 6.18. The standard InChI is InChI=1S/C22H30N4O2S/c1-15(2)17-4-6-19(7-5-17)29-21-9-8-20(24-25-21)26-12-10-18(11-13-26)22(28)23-14-16(3)27/h4-9,15-16,18,27H,10-14H2,1-3H3,(H,23,28). The fourth-order valence-electron chi connectivity index (χ4n) is 3.34. The number of anilines is 1. The van der Waals surface area contributed by atoms with Gasteiger partial charge in [-0.1, -0.05) is 37.7 Å². The first kappa shape index (κ1) is 21.6. The predicted octanol–water partition coefficient (Wildman–Crippen LogP) is 3.46. The Morgan fingerprint density at radius 1 is 1.14 bits per heavy atom. The number of rotatable bonds is 7. The van der Waals surface area contributed by atoms with Gasteiger partial charge in [0, 0.05) is 30.4 Å². The molecule has 6 nitrogen and oxygen atoms in total. The molecule has 1 amide bonds. The van der Waals surface area contributed by atoms with E-state index in [1.807, 2.05) is 12.1 Å². The lowest BCUT2D eigenvalue weighted by molar-refractivity contribution is -0.126. The van der Waals surface area contributed by atoms with Gasteiger partial charge in [-0.2, -0.15) is 0 Å². The van der Waals surface area contributed by atoms with Crippen molar-refractivity contribution < 1.29 is 9.90 Å². The number of hydrogen-bond donors (Lipinski definition) is 2. The Bertz CT molecular complexity index is 785. The summed E-state index contributed by atoms with van der Waals surface area (Å²) in [7, 11) is 0. The van der Waals surface area contributed by atoms with E-state index in [0.29, 0.717) is 12.5 Å². The molecule has 0 spiro atoms. The van der Waals surface area contributed by atoms with Crippen molar-refractivity contribution in [2.75, 3.05) is 24.5 Å². The van der Waals surface area contributed by atoms with Crippen LogP contribution in [0.15, 0.2) is 46.3 Å². The molecule has 1 unspecified atom stereocenters. The third-order valence-corrected chi connectivity index (χ3v) is 6.09. The zero-order valence-electron chi connectivity index (χ0n) is 17.3. The Balaban J connectivity index is 1.51. The second-order valence-corrected chi connectivity index (χ2v) is 9.00. The smallest absolute Gasteiger partial charge is 0.223 e. The van der Waals surface area contributed by atoms with Gasteiger partial charge in [0.05, 0.1) is 6.10 Å². The lowest BCUT2D eigenvalue weighted by atomic mass is 9.96. The second kappa shape index (κ2) is 10.1. The number of piperidine rings is 1. The zero-order chi connectivity index (χ0) is 20.8. The quantitative estimate of drug-likeness (QED) is 0.722. The van der Waals surface area contributed by atoms with Crippen LogP contribution in [0.5, 0.6) is 0 Å². The average molecular weight is 415 g/mol. The number of aliphatic hydroxyl groups excluding tert-OH is 1. The lowest BCUT2D eigenvalue weighted by Crippen LogP contribution is -2.42. The van der Waals surface area contributed by atoms with Crippen molar-refractivity contribution in [1.29, 1.82) is 0 Å². The van der Waals surface area contributed by atoms with E-state index >= 15 is 0 Å². The van der Waals surface area contributed by atoms with E-state index in [2.05, 4.69) is 58.5 Å². The normalized spacial score (nSPS) is 16.1. The van der Waals surface area contributed by atoms with Gasteiger partial charge in [-0.3, -0.25) is 4.79 Å². The minimum atomic E-state index is -0.515. The summed E-state index contributed by atoms with van der Waals surface area (Å²) in [5.41, 5.74) is 1.33. The Kier molecular flexibility index (Phi) is 7.50. The number of aromatic nitrogens is 2. The van der Waals surface area contributed by atoms with E-state index in [1.165, 1.54) is 5.56 Å². The molecule has 7 heteroatoms. The number of carbonyl (C=O) groups is 1. The number of nitrogens with zero attached hydrogens (tertiary/aromatic N) is 3. The molecule has 1 fully saturated rings. The number of aliphatic hydroxyl groups is 1. The summed E-state index contributed by atoms with van der Waals surface area (Å²) in [5, 5.41) is 21.8. The predicted molar refractivity (Wildman–Crippen MR) is 116 cm³/mol. The van der Waals surface area contributed by atoms with Crippen LogP contribution in [0.3, 0.4) is 0 Å². The van der Waals surface area contributed by atoms with Gasteiger partial charge in [0.25, 0.3) is 0 Å². The molecule has 0 aliphatic carbocycles. The van der Waals surface area contributed by atoms with Gasteiger partial charge in [-0.05, 0) is 55.5 Å². The van der Waals surface area contributed by atoms with Gasteiger partial charge >= 0.3 is 0 Å². The maximum absolute atomic E-state index is 12.2. The fourth-order valence-corrected chi connectivity index (χ4v) is 4.07. The van der Waals surface area contributed by atoms with E-state index in [0.717, 1.165) is 41.7 Å². The van der Waals surface area contributed by atoms with E-state index in [-0.39, 0.29) is 11.8 Å². The van der Waals surface area contributed by atoms with Crippen molar-refractivity contribution in [2.24, 2.45) is 5.92 Å². The zero-order valence-corrected chi connectivity index (χ0v) is 18.2. The molecule has 0 radical (unpaired) electrons. The van der Waals surface area contributed by atoms with Crippen molar-refractivity contribution in [1.82, 2.24) is 15.5 Å². The van der Waals surface area contributed by atoms with Gasteiger partial charge in [0.15, 0.2) is 5.82 Å². The maximum Gasteiger partial charge on any atom is 0.223 e. The summed E-state index contributed by atoms with van der Waals surface area (Å²) in [6, 6.07) is 12.6. The van der Waals surface area contributed by atoms with Crippen molar-refractivity contribution in [3.05, 3.63) is 42.0 Å². The number of carbonyl (C=O) groups excluding carboxylic acids is 1. The maximum atomic E-state index is 12.2. The molecular weight excluding hydrogens is 384 g/mol. The first-order valence-electron chi connectivity index (χ1n) is 10.2. The van der Waals surface area contributed by atoms with Crippen molar-refractivity contribution in [2.45, 2.75) is 55.6 Å². The number of nitrogens with one attached hydrogen (secondary N) is 1. The molecule has 1 aromatic carbocycles. The molecule has 3 rings (SSSR count). The van der Waals surface area contributed by atoms with Crippen LogP contribution >= 0.6 is 11.8 Å². The van der Waals surface area contributed by atoms with Gasteiger partial charge in [0.2, 0.25) is 5.91 Å². The molecule has 0 saturated carbocycles. The lowest BCUT2D eigenvalue weighted by Gasteiger charge is -2.31.